The van der Waals surface area contributed by atoms with Crippen LogP contribution in [0.2, 0.25) is 5.02 Å². The Labute approximate surface area is 125 Å². The highest BCUT2D eigenvalue weighted by molar-refractivity contribution is 6.30. The maximum absolute atomic E-state index is 6.25. The van der Waals surface area contributed by atoms with Gasteiger partial charge in [0.25, 0.3) is 0 Å². The average molecular weight is 296 g/mol. The van der Waals surface area contributed by atoms with Gasteiger partial charge in [-0.25, -0.2) is 0 Å². The standard InChI is InChI=1S/C16H22ClNO2/c1-18-15(5-4-13-3-2-7-19-13)14-10-12(17)9-11-6-8-20-16(11)14/h9-10,13,15,18H,2-8H2,1H3. The molecule has 1 aromatic carbocycles. The average Bonchev–Trinajstić information content (AvgIpc) is 3.09. The summed E-state index contributed by atoms with van der Waals surface area (Å²) in [4.78, 5) is 0. The second kappa shape index (κ2) is 6.33. The summed E-state index contributed by atoms with van der Waals surface area (Å²) in [5, 5.41) is 4.21. The fourth-order valence-corrected chi connectivity index (χ4v) is 3.49. The molecular formula is C16H22ClNO2. The van der Waals surface area contributed by atoms with Crippen LogP contribution in [0.3, 0.4) is 0 Å². The maximum Gasteiger partial charge on any atom is 0.127 e. The third-order valence-electron chi connectivity index (χ3n) is 4.30. The number of rotatable bonds is 5. The van der Waals surface area contributed by atoms with Crippen molar-refractivity contribution in [2.24, 2.45) is 0 Å². The molecule has 0 amide bonds. The molecule has 20 heavy (non-hydrogen) atoms. The molecule has 2 heterocycles. The number of hydrogen-bond donors (Lipinski definition) is 1. The second-order valence-electron chi connectivity index (χ2n) is 5.64. The van der Waals surface area contributed by atoms with E-state index in [0.29, 0.717) is 6.10 Å². The molecule has 0 aromatic heterocycles. The van der Waals surface area contributed by atoms with E-state index in [9.17, 15) is 0 Å². The van der Waals surface area contributed by atoms with E-state index in [2.05, 4.69) is 5.32 Å². The summed E-state index contributed by atoms with van der Waals surface area (Å²) in [6, 6.07) is 4.35. The van der Waals surface area contributed by atoms with E-state index < -0.39 is 0 Å². The highest BCUT2D eigenvalue weighted by Gasteiger charge is 2.24. The van der Waals surface area contributed by atoms with Crippen LogP contribution in [0, 0.1) is 0 Å². The zero-order valence-corrected chi connectivity index (χ0v) is 12.7. The van der Waals surface area contributed by atoms with Gasteiger partial charge in [-0.15, -0.1) is 0 Å². The van der Waals surface area contributed by atoms with Gasteiger partial charge in [-0.1, -0.05) is 11.6 Å². The zero-order chi connectivity index (χ0) is 13.9. The lowest BCUT2D eigenvalue weighted by molar-refractivity contribution is 0.0997. The van der Waals surface area contributed by atoms with E-state index >= 15 is 0 Å². The minimum Gasteiger partial charge on any atom is -0.493 e. The molecule has 0 spiro atoms. The molecule has 4 heteroatoms. The third-order valence-corrected chi connectivity index (χ3v) is 4.52. The van der Waals surface area contributed by atoms with Gasteiger partial charge in [0.05, 0.1) is 12.7 Å². The zero-order valence-electron chi connectivity index (χ0n) is 12.0. The Kier molecular flexibility index (Phi) is 4.49. The Balaban J connectivity index is 1.75. The summed E-state index contributed by atoms with van der Waals surface area (Å²) in [6.45, 7) is 1.69. The molecular weight excluding hydrogens is 274 g/mol. The molecule has 3 rings (SSSR count). The molecule has 2 aliphatic rings. The highest BCUT2D eigenvalue weighted by atomic mass is 35.5. The van der Waals surface area contributed by atoms with Crippen LogP contribution in [0.1, 0.15) is 42.9 Å². The van der Waals surface area contributed by atoms with Gasteiger partial charge in [0.2, 0.25) is 0 Å². The van der Waals surface area contributed by atoms with Gasteiger partial charge in [-0.3, -0.25) is 0 Å². The van der Waals surface area contributed by atoms with E-state index in [1.54, 1.807) is 0 Å². The fraction of sp³-hybridized carbons (Fsp3) is 0.625. The number of fused-ring (bicyclic) bond motifs is 1. The molecule has 0 saturated carbocycles. The number of hydrogen-bond acceptors (Lipinski definition) is 3. The number of nitrogens with one attached hydrogen (secondary N) is 1. The first-order chi connectivity index (χ1) is 9.78. The summed E-state index contributed by atoms with van der Waals surface area (Å²) in [6.07, 6.45) is 5.93. The van der Waals surface area contributed by atoms with Crippen LogP contribution < -0.4 is 10.1 Å². The Morgan fingerprint density at radius 1 is 1.40 bits per heavy atom. The smallest absolute Gasteiger partial charge is 0.127 e. The van der Waals surface area contributed by atoms with Gasteiger partial charge in [0.1, 0.15) is 5.75 Å². The van der Waals surface area contributed by atoms with Crippen molar-refractivity contribution < 1.29 is 9.47 Å². The lowest BCUT2D eigenvalue weighted by atomic mass is 9.96. The van der Waals surface area contributed by atoms with Crippen molar-refractivity contribution in [1.82, 2.24) is 5.32 Å². The van der Waals surface area contributed by atoms with Crippen LogP contribution in [-0.4, -0.2) is 26.4 Å². The topological polar surface area (TPSA) is 30.5 Å². The molecule has 1 aromatic rings. The predicted octanol–water partition coefficient (Wildman–Crippen LogP) is 3.49. The SMILES string of the molecule is CNC(CCC1CCCO1)c1cc(Cl)cc2c1OCC2. The highest BCUT2D eigenvalue weighted by Crippen LogP contribution is 2.38. The van der Waals surface area contributed by atoms with Crippen LogP contribution >= 0.6 is 11.6 Å². The number of halogens is 1. The van der Waals surface area contributed by atoms with Crippen molar-refractivity contribution in [2.45, 2.75) is 44.2 Å². The molecule has 0 bridgehead atoms. The van der Waals surface area contributed by atoms with E-state index in [0.717, 1.165) is 43.2 Å². The maximum atomic E-state index is 6.25. The molecule has 0 aliphatic carbocycles. The normalized spacial score (nSPS) is 22.6. The van der Waals surface area contributed by atoms with Gasteiger partial charge in [-0.2, -0.15) is 0 Å². The molecule has 1 saturated heterocycles. The first-order valence-electron chi connectivity index (χ1n) is 7.52. The summed E-state index contributed by atoms with van der Waals surface area (Å²) in [7, 11) is 2.00. The van der Waals surface area contributed by atoms with E-state index in [1.165, 1.54) is 24.0 Å². The third kappa shape index (κ3) is 2.95. The summed E-state index contributed by atoms with van der Waals surface area (Å²) in [5.41, 5.74) is 2.44. The molecule has 2 unspecified atom stereocenters. The Morgan fingerprint density at radius 3 is 3.05 bits per heavy atom. The Hall–Kier alpha value is -0.770. The van der Waals surface area contributed by atoms with Crippen LogP contribution in [-0.2, 0) is 11.2 Å². The van der Waals surface area contributed by atoms with Gasteiger partial charge in [0.15, 0.2) is 0 Å². The van der Waals surface area contributed by atoms with Gasteiger partial charge in [0, 0.05) is 29.7 Å². The summed E-state index contributed by atoms with van der Waals surface area (Å²) < 4.78 is 11.5. The monoisotopic (exact) mass is 295 g/mol. The van der Waals surface area contributed by atoms with Crippen LogP contribution in [0.25, 0.3) is 0 Å². The minimum absolute atomic E-state index is 0.282. The van der Waals surface area contributed by atoms with Crippen molar-refractivity contribution in [3.05, 3.63) is 28.3 Å². The molecule has 1 fully saturated rings. The summed E-state index contributed by atoms with van der Waals surface area (Å²) >= 11 is 6.25. The van der Waals surface area contributed by atoms with Gasteiger partial charge >= 0.3 is 0 Å². The van der Waals surface area contributed by atoms with Crippen LogP contribution in [0.5, 0.6) is 5.75 Å². The molecule has 0 radical (unpaired) electrons. The molecule has 110 valence electrons. The van der Waals surface area contributed by atoms with Crippen molar-refractivity contribution in [3.8, 4) is 5.75 Å². The number of ether oxygens (including phenoxy) is 2. The van der Waals surface area contributed by atoms with Crippen LogP contribution in [0.4, 0.5) is 0 Å². The van der Waals surface area contributed by atoms with Crippen molar-refractivity contribution in [2.75, 3.05) is 20.3 Å². The lowest BCUT2D eigenvalue weighted by Crippen LogP contribution is -2.19. The Morgan fingerprint density at radius 2 is 2.30 bits per heavy atom. The van der Waals surface area contributed by atoms with Gasteiger partial charge in [-0.05, 0) is 50.4 Å². The van der Waals surface area contributed by atoms with E-state index in [4.69, 9.17) is 21.1 Å². The summed E-state index contributed by atoms with van der Waals surface area (Å²) in [5.74, 6) is 1.04. The van der Waals surface area contributed by atoms with Crippen LogP contribution in [0.15, 0.2) is 12.1 Å². The second-order valence-corrected chi connectivity index (χ2v) is 6.07. The molecule has 2 atom stereocenters. The van der Waals surface area contributed by atoms with Crippen molar-refractivity contribution in [1.29, 1.82) is 0 Å². The number of benzene rings is 1. The molecule has 3 nitrogen and oxygen atoms in total. The Bertz CT molecular complexity index is 472. The fourth-order valence-electron chi connectivity index (χ4n) is 3.24. The van der Waals surface area contributed by atoms with Crippen molar-refractivity contribution >= 4 is 11.6 Å². The van der Waals surface area contributed by atoms with Gasteiger partial charge < -0.3 is 14.8 Å². The van der Waals surface area contributed by atoms with E-state index in [1.807, 2.05) is 19.2 Å². The minimum atomic E-state index is 0.282. The largest absolute Gasteiger partial charge is 0.493 e. The first-order valence-corrected chi connectivity index (χ1v) is 7.89. The molecule has 1 N–H and O–H groups in total. The lowest BCUT2D eigenvalue weighted by Gasteiger charge is -2.21. The van der Waals surface area contributed by atoms with E-state index in [-0.39, 0.29) is 6.04 Å². The first kappa shape index (κ1) is 14.2. The molecule has 2 aliphatic heterocycles. The van der Waals surface area contributed by atoms with Crippen molar-refractivity contribution in [3.63, 3.8) is 0 Å². The predicted molar refractivity (Wildman–Crippen MR) is 80.7 cm³/mol. The quantitative estimate of drug-likeness (QED) is 0.902.